The molecule has 0 aliphatic carbocycles. The summed E-state index contributed by atoms with van der Waals surface area (Å²) in [5.41, 5.74) is 1.24. The summed E-state index contributed by atoms with van der Waals surface area (Å²) in [7, 11) is 0. The third kappa shape index (κ3) is 3.47. The van der Waals surface area contributed by atoms with Crippen molar-refractivity contribution in [2.75, 3.05) is 13.1 Å². The first-order valence-corrected chi connectivity index (χ1v) is 7.89. The van der Waals surface area contributed by atoms with Gasteiger partial charge in [-0.1, -0.05) is 12.1 Å². The lowest BCUT2D eigenvalue weighted by Gasteiger charge is -2.34. The maximum atomic E-state index is 12.6. The quantitative estimate of drug-likeness (QED) is 0.908. The Morgan fingerprint density at radius 2 is 2.21 bits per heavy atom. The van der Waals surface area contributed by atoms with E-state index in [1.165, 1.54) is 0 Å². The van der Waals surface area contributed by atoms with Gasteiger partial charge in [-0.05, 0) is 24.8 Å². The molecule has 0 radical (unpaired) electrons. The van der Waals surface area contributed by atoms with Crippen LogP contribution in [0.1, 0.15) is 35.2 Å². The monoisotopic (exact) mass is 332 g/mol. The van der Waals surface area contributed by atoms with Gasteiger partial charge in [-0.3, -0.25) is 14.3 Å². The van der Waals surface area contributed by atoms with E-state index in [2.05, 4.69) is 10.3 Å². The van der Waals surface area contributed by atoms with Crippen molar-refractivity contribution in [2.24, 2.45) is 11.8 Å². The Balaban J connectivity index is 1.69. The molecule has 8 nitrogen and oxygen atoms in total. The van der Waals surface area contributed by atoms with Crippen molar-refractivity contribution >= 4 is 11.9 Å². The zero-order valence-electron chi connectivity index (χ0n) is 13.7. The minimum Gasteiger partial charge on any atom is -0.481 e. The average molecular weight is 332 g/mol. The zero-order valence-corrected chi connectivity index (χ0v) is 13.7. The maximum Gasteiger partial charge on any atom is 0.308 e. The molecule has 0 aromatic carbocycles. The van der Waals surface area contributed by atoms with Crippen LogP contribution in [0.5, 0.6) is 0 Å². The van der Waals surface area contributed by atoms with Crippen molar-refractivity contribution in [1.29, 1.82) is 0 Å². The molecule has 2 aromatic heterocycles. The lowest BCUT2D eigenvalue weighted by Crippen LogP contribution is -2.45. The Labute approximate surface area is 139 Å². The summed E-state index contributed by atoms with van der Waals surface area (Å²) in [6.07, 6.45) is 4.19. The summed E-state index contributed by atoms with van der Waals surface area (Å²) < 4.78 is 6.92. The number of rotatable bonds is 4. The normalized spacial score (nSPS) is 21.0. The number of hydrogen-bond donors (Lipinski definition) is 1. The third-order valence-corrected chi connectivity index (χ3v) is 4.15. The Bertz CT molecular complexity index is 751. The van der Waals surface area contributed by atoms with Crippen molar-refractivity contribution in [2.45, 2.75) is 26.8 Å². The third-order valence-electron chi connectivity index (χ3n) is 4.15. The summed E-state index contributed by atoms with van der Waals surface area (Å²) in [4.78, 5) is 25.4. The van der Waals surface area contributed by atoms with Gasteiger partial charge in [0.15, 0.2) is 11.5 Å². The largest absolute Gasteiger partial charge is 0.481 e. The lowest BCUT2D eigenvalue weighted by molar-refractivity contribution is -0.143. The second-order valence-electron chi connectivity index (χ2n) is 6.48. The molecule has 1 amide bonds. The van der Waals surface area contributed by atoms with Gasteiger partial charge in [0.25, 0.3) is 5.91 Å². The summed E-state index contributed by atoms with van der Waals surface area (Å²) in [6.45, 7) is 5.02. The van der Waals surface area contributed by atoms with Crippen molar-refractivity contribution < 1.29 is 19.2 Å². The smallest absolute Gasteiger partial charge is 0.308 e. The Morgan fingerprint density at radius 1 is 1.42 bits per heavy atom. The Morgan fingerprint density at radius 3 is 2.88 bits per heavy atom. The van der Waals surface area contributed by atoms with Gasteiger partial charge >= 0.3 is 5.97 Å². The number of amides is 1. The number of aromatic nitrogens is 3. The van der Waals surface area contributed by atoms with Crippen LogP contribution in [0.25, 0.3) is 0 Å². The second kappa shape index (κ2) is 6.46. The van der Waals surface area contributed by atoms with Crippen LogP contribution in [-0.4, -0.2) is 49.9 Å². The molecule has 8 heteroatoms. The predicted octanol–water partition coefficient (Wildman–Crippen LogP) is 1.41. The van der Waals surface area contributed by atoms with Crippen LogP contribution in [0.3, 0.4) is 0 Å². The molecular formula is C16H20N4O4. The Hall–Kier alpha value is -2.64. The minimum absolute atomic E-state index is 0.141. The molecule has 0 saturated carbocycles. The topological polar surface area (TPSA) is 101 Å². The van der Waals surface area contributed by atoms with E-state index in [1.54, 1.807) is 21.8 Å². The fourth-order valence-corrected chi connectivity index (χ4v) is 3.06. The van der Waals surface area contributed by atoms with Gasteiger partial charge < -0.3 is 14.5 Å². The number of aryl methyl sites for hydroxylation is 1. The number of nitrogens with zero attached hydrogens (tertiary/aromatic N) is 4. The molecule has 0 bridgehead atoms. The van der Waals surface area contributed by atoms with Crippen molar-refractivity contribution in [3.8, 4) is 0 Å². The first-order valence-electron chi connectivity index (χ1n) is 7.89. The number of carboxylic acid groups (broad SMARTS) is 1. The van der Waals surface area contributed by atoms with Crippen molar-refractivity contribution in [3.05, 3.63) is 35.5 Å². The Kier molecular flexibility index (Phi) is 4.37. The minimum atomic E-state index is -0.866. The van der Waals surface area contributed by atoms with E-state index in [1.807, 2.05) is 20.0 Å². The van der Waals surface area contributed by atoms with Gasteiger partial charge in [0.05, 0.1) is 12.1 Å². The van der Waals surface area contributed by atoms with Gasteiger partial charge in [0, 0.05) is 25.4 Å². The van der Waals surface area contributed by atoms with Gasteiger partial charge in [0.1, 0.15) is 6.54 Å². The molecule has 1 N–H and O–H groups in total. The maximum absolute atomic E-state index is 12.6. The molecule has 3 rings (SSSR count). The molecule has 1 aliphatic rings. The number of hydrogen-bond acceptors (Lipinski definition) is 5. The van der Waals surface area contributed by atoms with Gasteiger partial charge in [-0.2, -0.15) is 5.10 Å². The van der Waals surface area contributed by atoms with E-state index in [9.17, 15) is 14.7 Å². The summed E-state index contributed by atoms with van der Waals surface area (Å²) >= 11 is 0. The SMILES string of the molecule is Cc1cnn(Cc2cc(C(=O)N3CC(C)CC(C(=O)O)C3)no2)c1. The van der Waals surface area contributed by atoms with Crippen molar-refractivity contribution in [1.82, 2.24) is 19.8 Å². The molecule has 0 spiro atoms. The van der Waals surface area contributed by atoms with Crippen LogP contribution in [0.4, 0.5) is 0 Å². The van der Waals surface area contributed by atoms with Crippen LogP contribution in [0.15, 0.2) is 23.0 Å². The number of carbonyl (C=O) groups excluding carboxylic acids is 1. The summed E-state index contributed by atoms with van der Waals surface area (Å²) in [5.74, 6) is -1.02. The highest BCUT2D eigenvalue weighted by Gasteiger charge is 2.33. The molecule has 2 unspecified atom stereocenters. The number of carbonyl (C=O) groups is 2. The fourth-order valence-electron chi connectivity index (χ4n) is 3.06. The van der Waals surface area contributed by atoms with Crippen LogP contribution >= 0.6 is 0 Å². The van der Waals surface area contributed by atoms with Gasteiger partial charge in [-0.15, -0.1) is 0 Å². The summed E-state index contributed by atoms with van der Waals surface area (Å²) in [6, 6.07) is 1.59. The molecule has 2 aromatic rings. The van der Waals surface area contributed by atoms with Crippen molar-refractivity contribution in [3.63, 3.8) is 0 Å². The highest BCUT2D eigenvalue weighted by atomic mass is 16.5. The van der Waals surface area contributed by atoms with E-state index in [0.29, 0.717) is 25.3 Å². The summed E-state index contributed by atoms with van der Waals surface area (Å²) in [5, 5.41) is 17.2. The molecular weight excluding hydrogens is 312 g/mol. The molecule has 128 valence electrons. The first-order chi connectivity index (χ1) is 11.4. The number of carboxylic acids is 1. The van der Waals surface area contributed by atoms with E-state index in [4.69, 9.17) is 4.52 Å². The van der Waals surface area contributed by atoms with E-state index in [0.717, 1.165) is 5.56 Å². The van der Waals surface area contributed by atoms with Crippen LogP contribution in [-0.2, 0) is 11.3 Å². The van der Waals surface area contributed by atoms with Crippen LogP contribution < -0.4 is 0 Å². The van der Waals surface area contributed by atoms with E-state index >= 15 is 0 Å². The zero-order chi connectivity index (χ0) is 17.3. The molecule has 1 fully saturated rings. The number of likely N-dealkylation sites (tertiary alicyclic amines) is 1. The highest BCUT2D eigenvalue weighted by molar-refractivity contribution is 5.92. The highest BCUT2D eigenvalue weighted by Crippen LogP contribution is 2.23. The molecule has 1 aliphatic heterocycles. The molecule has 3 heterocycles. The van der Waals surface area contributed by atoms with Gasteiger partial charge in [0.2, 0.25) is 0 Å². The van der Waals surface area contributed by atoms with Crippen LogP contribution in [0.2, 0.25) is 0 Å². The molecule has 24 heavy (non-hydrogen) atoms. The van der Waals surface area contributed by atoms with E-state index < -0.39 is 11.9 Å². The number of piperidine rings is 1. The predicted molar refractivity (Wildman–Crippen MR) is 83.4 cm³/mol. The van der Waals surface area contributed by atoms with E-state index in [-0.39, 0.29) is 24.1 Å². The average Bonchev–Trinajstić information content (AvgIpc) is 3.15. The molecule has 2 atom stereocenters. The standard InChI is InChI=1S/C16H20N4O4/c1-10-3-12(16(22)23)8-19(6-10)15(21)14-4-13(24-18-14)9-20-7-11(2)5-17-20/h4-5,7,10,12H,3,6,8-9H2,1-2H3,(H,22,23). The number of aliphatic carboxylic acids is 1. The molecule has 1 saturated heterocycles. The lowest BCUT2D eigenvalue weighted by atomic mass is 9.90. The fraction of sp³-hybridized carbons (Fsp3) is 0.500. The second-order valence-corrected chi connectivity index (χ2v) is 6.48. The van der Waals surface area contributed by atoms with Gasteiger partial charge in [-0.25, -0.2) is 0 Å². The first kappa shape index (κ1) is 16.2. The van der Waals surface area contributed by atoms with Crippen LogP contribution in [0, 0.1) is 18.8 Å².